The lowest BCUT2D eigenvalue weighted by Crippen LogP contribution is -2.30. The zero-order chi connectivity index (χ0) is 19.0. The van der Waals surface area contributed by atoms with E-state index in [4.69, 9.17) is 4.74 Å². The van der Waals surface area contributed by atoms with Gasteiger partial charge in [-0.25, -0.2) is 4.98 Å². The van der Waals surface area contributed by atoms with E-state index in [0.29, 0.717) is 30.6 Å². The molecule has 2 aliphatic rings. The maximum atomic E-state index is 12.7. The lowest BCUT2D eigenvalue weighted by atomic mass is 10.1. The molecule has 0 unspecified atom stereocenters. The van der Waals surface area contributed by atoms with Gasteiger partial charge in [-0.3, -0.25) is 14.7 Å². The van der Waals surface area contributed by atoms with E-state index in [2.05, 4.69) is 20.9 Å². The van der Waals surface area contributed by atoms with E-state index in [9.17, 15) is 4.79 Å². The van der Waals surface area contributed by atoms with Gasteiger partial charge >= 0.3 is 0 Å². The van der Waals surface area contributed by atoms with Gasteiger partial charge in [-0.15, -0.1) is 0 Å². The van der Waals surface area contributed by atoms with Crippen molar-refractivity contribution in [2.24, 2.45) is 0 Å². The first-order valence-corrected chi connectivity index (χ1v) is 9.61. The highest BCUT2D eigenvalue weighted by Crippen LogP contribution is 2.35. The highest BCUT2D eigenvalue weighted by atomic mass is 16.5. The second kappa shape index (κ2) is 7.27. The maximum Gasteiger partial charge on any atom is 0.256 e. The van der Waals surface area contributed by atoms with Crippen LogP contribution < -0.4 is 4.74 Å². The van der Waals surface area contributed by atoms with E-state index >= 15 is 0 Å². The number of carbonyl (C=O) groups excluding carboxylic acids is 1. The largest absolute Gasteiger partial charge is 0.481 e. The molecule has 4 rings (SSSR count). The van der Waals surface area contributed by atoms with Crippen LogP contribution in [0.2, 0.25) is 0 Å². The predicted octanol–water partition coefficient (Wildman–Crippen LogP) is 3.19. The summed E-state index contributed by atoms with van der Waals surface area (Å²) in [7, 11) is 1.65. The topological polar surface area (TPSA) is 58.6 Å². The van der Waals surface area contributed by atoms with E-state index in [1.165, 1.54) is 0 Å². The first-order valence-electron chi connectivity index (χ1n) is 9.61. The summed E-state index contributed by atoms with van der Waals surface area (Å²) in [6.45, 7) is 6.34. The number of nitrogens with zero attached hydrogens (tertiary/aromatic N) is 4. The summed E-state index contributed by atoms with van der Waals surface area (Å²) >= 11 is 0. The van der Waals surface area contributed by atoms with Gasteiger partial charge in [0, 0.05) is 24.3 Å². The fourth-order valence-corrected chi connectivity index (χ4v) is 4.12. The molecule has 0 saturated carbocycles. The highest BCUT2D eigenvalue weighted by molar-refractivity contribution is 5.98. The second-order valence-corrected chi connectivity index (χ2v) is 7.56. The van der Waals surface area contributed by atoms with Crippen LogP contribution in [0, 0.1) is 0 Å². The monoisotopic (exact) mass is 366 g/mol. The molecule has 6 nitrogen and oxygen atoms in total. The Balaban J connectivity index is 1.62. The Morgan fingerprint density at radius 2 is 2.19 bits per heavy atom. The lowest BCUT2D eigenvalue weighted by molar-refractivity contribution is 0.0730. The molecule has 1 amide bonds. The normalized spacial score (nSPS) is 19.8. The van der Waals surface area contributed by atoms with Crippen LogP contribution >= 0.6 is 0 Å². The molecule has 27 heavy (non-hydrogen) atoms. The number of methoxy groups -OCH3 is 1. The third-order valence-corrected chi connectivity index (χ3v) is 5.54. The molecule has 0 aliphatic carbocycles. The molecule has 0 spiro atoms. The number of hydrogen-bond acceptors (Lipinski definition) is 5. The Hall–Kier alpha value is -2.47. The van der Waals surface area contributed by atoms with Crippen molar-refractivity contribution in [1.29, 1.82) is 0 Å². The van der Waals surface area contributed by atoms with Crippen LogP contribution in [-0.4, -0.2) is 45.4 Å². The molecule has 0 radical (unpaired) electrons. The minimum Gasteiger partial charge on any atom is -0.481 e. The van der Waals surface area contributed by atoms with Gasteiger partial charge in [-0.05, 0) is 51.4 Å². The predicted molar refractivity (Wildman–Crippen MR) is 102 cm³/mol. The Kier molecular flexibility index (Phi) is 4.83. The molecular formula is C21H26N4O2. The molecular weight excluding hydrogens is 340 g/mol. The van der Waals surface area contributed by atoms with E-state index in [1.54, 1.807) is 7.11 Å². The first-order chi connectivity index (χ1) is 13.1. The smallest absolute Gasteiger partial charge is 0.256 e. The Bertz CT molecular complexity index is 838. The minimum atomic E-state index is 0.0686. The van der Waals surface area contributed by atoms with Gasteiger partial charge in [0.25, 0.3) is 5.91 Å². The SMILES string of the molecule is COc1nc2c(cc1CN1CCC[C@H]1c1ccccn1)C(=O)N(C(C)C)C2. The number of fused-ring (bicyclic) bond motifs is 1. The fourth-order valence-electron chi connectivity index (χ4n) is 4.12. The van der Waals surface area contributed by atoms with Crippen LogP contribution in [0.1, 0.15) is 60.0 Å². The van der Waals surface area contributed by atoms with Crippen molar-refractivity contribution in [3.63, 3.8) is 0 Å². The summed E-state index contributed by atoms with van der Waals surface area (Å²) in [6, 6.07) is 8.52. The number of carbonyl (C=O) groups is 1. The average molecular weight is 366 g/mol. The molecule has 1 saturated heterocycles. The van der Waals surface area contributed by atoms with Gasteiger partial charge in [0.05, 0.1) is 36.6 Å². The van der Waals surface area contributed by atoms with Crippen LogP contribution in [0.4, 0.5) is 0 Å². The zero-order valence-electron chi connectivity index (χ0n) is 16.2. The zero-order valence-corrected chi connectivity index (χ0v) is 16.2. The molecule has 1 fully saturated rings. The van der Waals surface area contributed by atoms with E-state index in [0.717, 1.165) is 36.3 Å². The number of likely N-dealkylation sites (tertiary alicyclic amines) is 1. The van der Waals surface area contributed by atoms with Gasteiger partial charge in [0.2, 0.25) is 5.88 Å². The van der Waals surface area contributed by atoms with E-state index in [1.807, 2.05) is 43.1 Å². The van der Waals surface area contributed by atoms with E-state index in [-0.39, 0.29) is 11.9 Å². The number of amides is 1. The van der Waals surface area contributed by atoms with Gasteiger partial charge in [0.15, 0.2) is 0 Å². The number of ether oxygens (including phenoxy) is 1. The average Bonchev–Trinajstić information content (AvgIpc) is 3.26. The van der Waals surface area contributed by atoms with Crippen LogP contribution in [0.15, 0.2) is 30.5 Å². The molecule has 2 aromatic rings. The molecule has 0 N–H and O–H groups in total. The van der Waals surface area contributed by atoms with Crippen LogP contribution in [0.3, 0.4) is 0 Å². The van der Waals surface area contributed by atoms with Crippen LogP contribution in [0.5, 0.6) is 5.88 Å². The van der Waals surface area contributed by atoms with Gasteiger partial charge in [-0.2, -0.15) is 0 Å². The van der Waals surface area contributed by atoms with Crippen molar-refractivity contribution in [3.05, 3.63) is 53.0 Å². The molecule has 1 atom stereocenters. The van der Waals surface area contributed by atoms with Crippen LogP contribution in [-0.2, 0) is 13.1 Å². The van der Waals surface area contributed by atoms with Crippen LogP contribution in [0.25, 0.3) is 0 Å². The second-order valence-electron chi connectivity index (χ2n) is 7.56. The van der Waals surface area contributed by atoms with Crippen molar-refractivity contribution in [3.8, 4) is 5.88 Å². The molecule has 0 aromatic carbocycles. The van der Waals surface area contributed by atoms with Crippen molar-refractivity contribution >= 4 is 5.91 Å². The molecule has 6 heteroatoms. The van der Waals surface area contributed by atoms with Crippen molar-refractivity contribution in [2.75, 3.05) is 13.7 Å². The Morgan fingerprint density at radius 3 is 2.89 bits per heavy atom. The third-order valence-electron chi connectivity index (χ3n) is 5.54. The van der Waals surface area contributed by atoms with Crippen molar-refractivity contribution in [2.45, 2.75) is 51.9 Å². The lowest BCUT2D eigenvalue weighted by Gasteiger charge is -2.24. The molecule has 0 bridgehead atoms. The van der Waals surface area contributed by atoms with Gasteiger partial charge < -0.3 is 9.64 Å². The summed E-state index contributed by atoms with van der Waals surface area (Å²) in [5.41, 5.74) is 3.60. The standard InChI is InChI=1S/C21H26N4O2/c1-14(2)25-13-18-16(21(25)26)11-15(20(23-18)27-3)12-24-10-6-8-19(24)17-7-4-5-9-22-17/h4-5,7,9,11,14,19H,6,8,10,12-13H2,1-3H3/t19-/m0/s1. The maximum absolute atomic E-state index is 12.7. The molecule has 2 aliphatic heterocycles. The number of hydrogen-bond donors (Lipinski definition) is 0. The first kappa shape index (κ1) is 17.9. The quantitative estimate of drug-likeness (QED) is 0.813. The summed E-state index contributed by atoms with van der Waals surface area (Å²) in [5.74, 6) is 0.693. The summed E-state index contributed by atoms with van der Waals surface area (Å²) in [6.07, 6.45) is 4.09. The summed E-state index contributed by atoms with van der Waals surface area (Å²) in [5, 5.41) is 0. The molecule has 4 heterocycles. The van der Waals surface area contributed by atoms with Gasteiger partial charge in [-0.1, -0.05) is 6.07 Å². The van der Waals surface area contributed by atoms with Gasteiger partial charge in [0.1, 0.15) is 0 Å². The number of rotatable bonds is 5. The summed E-state index contributed by atoms with van der Waals surface area (Å²) < 4.78 is 5.57. The Morgan fingerprint density at radius 1 is 1.33 bits per heavy atom. The molecule has 2 aromatic heterocycles. The van der Waals surface area contributed by atoms with Crippen molar-refractivity contribution < 1.29 is 9.53 Å². The Labute approximate surface area is 160 Å². The summed E-state index contributed by atoms with van der Waals surface area (Å²) in [4.78, 5) is 26.2. The fraction of sp³-hybridized carbons (Fsp3) is 0.476. The minimum absolute atomic E-state index is 0.0686. The third kappa shape index (κ3) is 3.30. The van der Waals surface area contributed by atoms with E-state index < -0.39 is 0 Å². The van der Waals surface area contributed by atoms with Crippen molar-refractivity contribution in [1.82, 2.24) is 19.8 Å². The number of pyridine rings is 2. The number of aromatic nitrogens is 2. The highest BCUT2D eigenvalue weighted by Gasteiger charge is 2.33. The molecule has 142 valence electrons.